The Bertz CT molecular complexity index is 561. The van der Waals surface area contributed by atoms with E-state index in [1.54, 1.807) is 6.20 Å². The van der Waals surface area contributed by atoms with E-state index in [-0.39, 0.29) is 12.6 Å². The van der Waals surface area contributed by atoms with Gasteiger partial charge in [-0.3, -0.25) is 9.78 Å². The van der Waals surface area contributed by atoms with Gasteiger partial charge in [0.05, 0.1) is 5.69 Å². The van der Waals surface area contributed by atoms with Crippen LogP contribution in [0, 0.1) is 0 Å². The molecule has 1 aromatic rings. The van der Waals surface area contributed by atoms with Crippen LogP contribution in [0.15, 0.2) is 60.9 Å². The van der Waals surface area contributed by atoms with Gasteiger partial charge in [-0.2, -0.15) is 0 Å². The Morgan fingerprint density at radius 3 is 2.22 bits per heavy atom. The molecule has 0 bridgehead atoms. The smallest absolute Gasteiger partial charge is 0.306 e. The van der Waals surface area contributed by atoms with Crippen LogP contribution < -0.4 is 0 Å². The van der Waals surface area contributed by atoms with Gasteiger partial charge in [0.2, 0.25) is 0 Å². The Hall–Kier alpha value is -2.16. The number of ether oxygens (including phenoxy) is 1. The predicted molar refractivity (Wildman–Crippen MR) is 113 cm³/mol. The summed E-state index contributed by atoms with van der Waals surface area (Å²) in [6, 6.07) is 5.60. The number of esters is 1. The zero-order valence-electron chi connectivity index (χ0n) is 16.8. The molecule has 0 atom stereocenters. The standard InChI is InChI=1S/C24H35NO2/c1-2-3-4-5-6-7-8-9-10-11-12-13-14-15-16-20-24(26)27-22-23-19-17-18-21-25-23/h6-7,9-10,12-13,17-19,21H,2-5,8,11,14-16,20,22H2,1H3/b7-6-,10-9-,13-12-. The van der Waals surface area contributed by atoms with Crippen molar-refractivity contribution >= 4 is 5.97 Å². The highest BCUT2D eigenvalue weighted by molar-refractivity contribution is 5.69. The largest absolute Gasteiger partial charge is 0.459 e. The molecule has 0 aliphatic heterocycles. The van der Waals surface area contributed by atoms with Crippen LogP contribution in [-0.4, -0.2) is 11.0 Å². The molecule has 0 aliphatic carbocycles. The molecule has 1 rings (SSSR count). The maximum atomic E-state index is 11.7. The van der Waals surface area contributed by atoms with Gasteiger partial charge in [0.25, 0.3) is 0 Å². The van der Waals surface area contributed by atoms with E-state index in [1.807, 2.05) is 18.2 Å². The molecular formula is C24H35NO2. The molecule has 3 heteroatoms. The molecule has 0 unspecified atom stereocenters. The van der Waals surface area contributed by atoms with Crippen LogP contribution in [0.1, 0.15) is 76.8 Å². The van der Waals surface area contributed by atoms with Crippen LogP contribution in [0.25, 0.3) is 0 Å². The van der Waals surface area contributed by atoms with Crippen LogP contribution in [0.4, 0.5) is 0 Å². The van der Waals surface area contributed by atoms with Crippen LogP contribution >= 0.6 is 0 Å². The molecule has 0 saturated carbocycles. The molecule has 148 valence electrons. The van der Waals surface area contributed by atoms with E-state index in [0.29, 0.717) is 6.42 Å². The number of allylic oxidation sites excluding steroid dienone is 6. The van der Waals surface area contributed by atoms with Gasteiger partial charge in [0, 0.05) is 12.6 Å². The SMILES string of the molecule is CCCCC/C=C\C/C=C\C/C=C\CCCCC(=O)OCc1ccccn1. The van der Waals surface area contributed by atoms with Gasteiger partial charge < -0.3 is 4.74 Å². The molecule has 1 aromatic heterocycles. The minimum atomic E-state index is -0.143. The summed E-state index contributed by atoms with van der Waals surface area (Å²) in [7, 11) is 0. The number of unbranched alkanes of at least 4 members (excludes halogenated alkanes) is 5. The highest BCUT2D eigenvalue weighted by atomic mass is 16.5. The first-order valence-corrected chi connectivity index (χ1v) is 10.3. The quantitative estimate of drug-likeness (QED) is 0.196. The minimum absolute atomic E-state index is 0.143. The zero-order chi connectivity index (χ0) is 19.4. The summed E-state index contributed by atoms with van der Waals surface area (Å²) in [5, 5.41) is 0. The molecule has 0 spiro atoms. The Morgan fingerprint density at radius 2 is 1.59 bits per heavy atom. The summed E-state index contributed by atoms with van der Waals surface area (Å²) >= 11 is 0. The highest BCUT2D eigenvalue weighted by Gasteiger charge is 2.03. The molecule has 27 heavy (non-hydrogen) atoms. The van der Waals surface area contributed by atoms with Crippen molar-refractivity contribution in [3.63, 3.8) is 0 Å². The summed E-state index contributed by atoms with van der Waals surface area (Å²) in [5.74, 6) is -0.143. The van der Waals surface area contributed by atoms with Crippen LogP contribution in [0.3, 0.4) is 0 Å². The fourth-order valence-electron chi connectivity index (χ4n) is 2.53. The van der Waals surface area contributed by atoms with Crippen LogP contribution in [0.2, 0.25) is 0 Å². The highest BCUT2D eigenvalue weighted by Crippen LogP contribution is 2.05. The third-order valence-electron chi connectivity index (χ3n) is 4.13. The first-order chi connectivity index (χ1) is 13.3. The first kappa shape index (κ1) is 22.9. The minimum Gasteiger partial charge on any atom is -0.459 e. The second-order valence-corrected chi connectivity index (χ2v) is 6.61. The summed E-state index contributed by atoms with van der Waals surface area (Å²) in [4.78, 5) is 15.8. The van der Waals surface area contributed by atoms with E-state index >= 15 is 0 Å². The lowest BCUT2D eigenvalue weighted by Crippen LogP contribution is -2.05. The normalized spacial score (nSPS) is 11.7. The van der Waals surface area contributed by atoms with Gasteiger partial charge in [0.1, 0.15) is 6.61 Å². The molecule has 3 nitrogen and oxygen atoms in total. The van der Waals surface area contributed by atoms with E-state index in [0.717, 1.165) is 37.8 Å². The second-order valence-electron chi connectivity index (χ2n) is 6.61. The average Bonchev–Trinajstić information content (AvgIpc) is 2.70. The second kappa shape index (κ2) is 17.3. The van der Waals surface area contributed by atoms with Crippen molar-refractivity contribution in [1.82, 2.24) is 4.98 Å². The van der Waals surface area contributed by atoms with Crippen molar-refractivity contribution in [2.75, 3.05) is 0 Å². The number of aromatic nitrogens is 1. The van der Waals surface area contributed by atoms with Gasteiger partial charge in [-0.15, -0.1) is 0 Å². The monoisotopic (exact) mass is 369 g/mol. The lowest BCUT2D eigenvalue weighted by molar-refractivity contribution is -0.145. The lowest BCUT2D eigenvalue weighted by Gasteiger charge is -2.03. The predicted octanol–water partition coefficient (Wildman–Crippen LogP) is 6.71. The van der Waals surface area contributed by atoms with Gasteiger partial charge in [0.15, 0.2) is 0 Å². The maximum absolute atomic E-state index is 11.7. The van der Waals surface area contributed by atoms with Crippen molar-refractivity contribution in [3.05, 3.63) is 66.5 Å². The molecule has 0 aliphatic rings. The molecule has 0 N–H and O–H groups in total. The van der Waals surface area contributed by atoms with Crippen molar-refractivity contribution < 1.29 is 9.53 Å². The summed E-state index contributed by atoms with van der Waals surface area (Å²) < 4.78 is 5.21. The van der Waals surface area contributed by atoms with Crippen LogP contribution in [-0.2, 0) is 16.1 Å². The number of pyridine rings is 1. The Balaban J connectivity index is 1.92. The molecule has 0 radical (unpaired) electrons. The van der Waals surface area contributed by atoms with E-state index in [1.165, 1.54) is 25.7 Å². The molecule has 0 fully saturated rings. The third kappa shape index (κ3) is 14.7. The zero-order valence-corrected chi connectivity index (χ0v) is 16.8. The maximum Gasteiger partial charge on any atom is 0.306 e. The number of carbonyl (C=O) groups is 1. The Labute approximate surface area is 165 Å². The van der Waals surface area contributed by atoms with E-state index < -0.39 is 0 Å². The van der Waals surface area contributed by atoms with Gasteiger partial charge in [-0.05, 0) is 57.1 Å². The number of hydrogen-bond donors (Lipinski definition) is 0. The number of carbonyl (C=O) groups excluding carboxylic acids is 1. The van der Waals surface area contributed by atoms with Crippen molar-refractivity contribution in [3.8, 4) is 0 Å². The van der Waals surface area contributed by atoms with Gasteiger partial charge >= 0.3 is 5.97 Å². The summed E-state index contributed by atoms with van der Waals surface area (Å²) in [6.45, 7) is 2.50. The molecular weight excluding hydrogens is 334 g/mol. The Morgan fingerprint density at radius 1 is 0.926 bits per heavy atom. The first-order valence-electron chi connectivity index (χ1n) is 10.3. The molecule has 0 amide bonds. The van der Waals surface area contributed by atoms with Crippen LogP contribution in [0.5, 0.6) is 0 Å². The fraction of sp³-hybridized carbons (Fsp3) is 0.500. The molecule has 1 heterocycles. The van der Waals surface area contributed by atoms with Gasteiger partial charge in [-0.1, -0.05) is 62.3 Å². The van der Waals surface area contributed by atoms with Crippen molar-refractivity contribution in [2.45, 2.75) is 77.7 Å². The topological polar surface area (TPSA) is 39.2 Å². The van der Waals surface area contributed by atoms with Crippen molar-refractivity contribution in [1.29, 1.82) is 0 Å². The van der Waals surface area contributed by atoms with Gasteiger partial charge in [-0.25, -0.2) is 0 Å². The third-order valence-corrected chi connectivity index (χ3v) is 4.13. The van der Waals surface area contributed by atoms with E-state index in [2.05, 4.69) is 48.4 Å². The number of rotatable bonds is 15. The molecule has 0 aromatic carbocycles. The fourth-order valence-corrected chi connectivity index (χ4v) is 2.53. The molecule has 0 saturated heterocycles. The number of hydrogen-bond acceptors (Lipinski definition) is 3. The number of nitrogens with zero attached hydrogens (tertiary/aromatic N) is 1. The van der Waals surface area contributed by atoms with Crippen molar-refractivity contribution in [2.24, 2.45) is 0 Å². The summed E-state index contributed by atoms with van der Waals surface area (Å²) in [5.41, 5.74) is 0.786. The van der Waals surface area contributed by atoms with E-state index in [9.17, 15) is 4.79 Å². The van der Waals surface area contributed by atoms with E-state index in [4.69, 9.17) is 4.74 Å². The lowest BCUT2D eigenvalue weighted by atomic mass is 10.1. The summed E-state index contributed by atoms with van der Waals surface area (Å²) in [6.07, 6.45) is 25.6. The Kier molecular flexibility index (Phi) is 14.6. The average molecular weight is 370 g/mol.